The maximum atomic E-state index is 14.6. The summed E-state index contributed by atoms with van der Waals surface area (Å²) in [5, 5.41) is 16.7. The highest BCUT2D eigenvalue weighted by Crippen LogP contribution is 2.31. The molecule has 2 rings (SSSR count). The SMILES string of the molecule is C/C(=C\CN(C)C(=O)[C@@H](NC(=O)C(N(C)C(=O)OC(C)(C)C)C(C)(C)c1cn(C)c2c1=CCCC=2)C(C)(C)C)C(=O)N[C@H](CC(=O)O)C(=O)OC(C)(C)C. The third-order valence-electron chi connectivity index (χ3n) is 9.00. The Labute approximate surface area is 320 Å². The van der Waals surface area contributed by atoms with Crippen molar-refractivity contribution in [2.24, 2.45) is 12.5 Å². The summed E-state index contributed by atoms with van der Waals surface area (Å²) in [5.41, 5.74) is -2.46. The fourth-order valence-corrected chi connectivity index (χ4v) is 6.22. The van der Waals surface area contributed by atoms with Crippen molar-refractivity contribution in [3.8, 4) is 0 Å². The molecule has 0 aliphatic heterocycles. The molecule has 0 radical (unpaired) electrons. The van der Waals surface area contributed by atoms with Crippen LogP contribution in [0.15, 0.2) is 17.8 Å². The summed E-state index contributed by atoms with van der Waals surface area (Å²) >= 11 is 0. The molecule has 0 aromatic carbocycles. The molecule has 0 saturated heterocycles. The summed E-state index contributed by atoms with van der Waals surface area (Å²) in [5.74, 6) is -3.89. The molecule has 3 N–H and O–H groups in total. The number of nitrogens with zero attached hydrogens (tertiary/aromatic N) is 3. The molecule has 54 heavy (non-hydrogen) atoms. The van der Waals surface area contributed by atoms with Gasteiger partial charge in [0.25, 0.3) is 0 Å². The lowest BCUT2D eigenvalue weighted by molar-refractivity contribution is -0.160. The Morgan fingerprint density at radius 2 is 1.44 bits per heavy atom. The Bertz CT molecular complexity index is 1750. The van der Waals surface area contributed by atoms with Crippen molar-refractivity contribution >= 4 is 47.9 Å². The standard InChI is InChI=1S/C40H63N5O9/c1-24(32(48)41-27(22-29(46)47)35(51)53-38(5,6)7)20-21-43(13)34(50)30(37(2,3)4)42-33(49)31(45(15)36(52)54-39(8,9)10)40(11,12)26-23-44(14)28-19-17-16-18-25(26)28/h18-20,23,27,30-31H,16-17,21-22H2,1-15H3,(H,41,48)(H,42,49)(H,46,47)/b24-20+/t27-,30-,31?/m1/s1. The zero-order valence-corrected chi connectivity index (χ0v) is 34.9. The van der Waals surface area contributed by atoms with Crippen LogP contribution in [0.2, 0.25) is 0 Å². The summed E-state index contributed by atoms with van der Waals surface area (Å²) in [6.07, 6.45) is 8.11. The lowest BCUT2D eigenvalue weighted by atomic mass is 9.76. The number of rotatable bonds is 13. The van der Waals surface area contributed by atoms with Gasteiger partial charge in [0.05, 0.1) is 6.42 Å². The lowest BCUT2D eigenvalue weighted by Crippen LogP contribution is -2.63. The van der Waals surface area contributed by atoms with Gasteiger partial charge in [-0.2, -0.15) is 0 Å². The van der Waals surface area contributed by atoms with E-state index in [0.717, 1.165) is 29.0 Å². The molecule has 14 nitrogen and oxygen atoms in total. The van der Waals surface area contributed by atoms with Gasteiger partial charge in [0.2, 0.25) is 17.7 Å². The van der Waals surface area contributed by atoms with E-state index in [2.05, 4.69) is 22.8 Å². The number of aromatic nitrogens is 1. The number of carboxylic acid groups (broad SMARTS) is 1. The van der Waals surface area contributed by atoms with Gasteiger partial charge in [0, 0.05) is 50.2 Å². The third kappa shape index (κ3) is 12.2. The van der Waals surface area contributed by atoms with Crippen LogP contribution in [0.25, 0.3) is 12.2 Å². The van der Waals surface area contributed by atoms with E-state index < -0.39 is 82.3 Å². The Balaban J connectivity index is 2.44. The van der Waals surface area contributed by atoms with Gasteiger partial charge >= 0.3 is 18.0 Å². The number of aliphatic carboxylic acids is 1. The van der Waals surface area contributed by atoms with Gasteiger partial charge in [0.1, 0.15) is 29.3 Å². The summed E-state index contributed by atoms with van der Waals surface area (Å²) in [6.45, 7) is 20.8. The second-order valence-electron chi connectivity index (χ2n) is 17.7. The summed E-state index contributed by atoms with van der Waals surface area (Å²) in [4.78, 5) is 82.0. The number of aryl methyl sites for hydroxylation is 1. The predicted molar refractivity (Wildman–Crippen MR) is 206 cm³/mol. The van der Waals surface area contributed by atoms with Crippen molar-refractivity contribution in [1.29, 1.82) is 0 Å². The third-order valence-corrected chi connectivity index (χ3v) is 9.00. The van der Waals surface area contributed by atoms with E-state index in [9.17, 15) is 33.9 Å². The molecule has 1 unspecified atom stereocenters. The van der Waals surface area contributed by atoms with Crippen LogP contribution in [-0.4, -0.2) is 105 Å². The minimum atomic E-state index is -1.43. The molecule has 1 aliphatic carbocycles. The number of carboxylic acids is 1. The van der Waals surface area contributed by atoms with Crippen LogP contribution in [0.5, 0.6) is 0 Å². The van der Waals surface area contributed by atoms with Gasteiger partial charge < -0.3 is 34.7 Å². The molecular formula is C40H63N5O9. The number of hydrogen-bond donors (Lipinski definition) is 3. The van der Waals surface area contributed by atoms with Crippen LogP contribution in [0.3, 0.4) is 0 Å². The number of likely N-dealkylation sites (N-methyl/N-ethyl adjacent to an activating group) is 2. The normalized spacial score (nSPS) is 15.3. The van der Waals surface area contributed by atoms with Crippen LogP contribution in [0, 0.1) is 5.41 Å². The molecule has 1 aromatic heterocycles. The lowest BCUT2D eigenvalue weighted by Gasteiger charge is -2.41. The van der Waals surface area contributed by atoms with E-state index >= 15 is 0 Å². The van der Waals surface area contributed by atoms with Gasteiger partial charge in [-0.3, -0.25) is 24.1 Å². The topological polar surface area (TPSA) is 177 Å². The minimum Gasteiger partial charge on any atom is -0.481 e. The fourth-order valence-electron chi connectivity index (χ4n) is 6.22. The molecule has 4 amide bonds. The van der Waals surface area contributed by atoms with E-state index in [1.165, 1.54) is 36.9 Å². The van der Waals surface area contributed by atoms with E-state index in [4.69, 9.17) is 9.47 Å². The van der Waals surface area contributed by atoms with Crippen molar-refractivity contribution in [3.63, 3.8) is 0 Å². The van der Waals surface area contributed by atoms with Crippen LogP contribution in [0.1, 0.15) is 108 Å². The van der Waals surface area contributed by atoms with Crippen LogP contribution < -0.4 is 21.2 Å². The zero-order valence-electron chi connectivity index (χ0n) is 34.9. The molecule has 3 atom stereocenters. The Kier molecular flexibility index (Phi) is 14.5. The first-order valence-electron chi connectivity index (χ1n) is 18.3. The second kappa shape index (κ2) is 17.2. The van der Waals surface area contributed by atoms with Gasteiger partial charge in [-0.05, 0) is 77.5 Å². The Morgan fingerprint density at radius 3 is 1.96 bits per heavy atom. The number of ether oxygens (including phenoxy) is 2. The number of hydrogen-bond acceptors (Lipinski definition) is 8. The van der Waals surface area contributed by atoms with Crippen molar-refractivity contribution in [2.75, 3.05) is 20.6 Å². The maximum absolute atomic E-state index is 14.6. The molecule has 1 heterocycles. The maximum Gasteiger partial charge on any atom is 0.410 e. The molecule has 0 fully saturated rings. The molecule has 0 spiro atoms. The minimum absolute atomic E-state index is 0.0498. The van der Waals surface area contributed by atoms with Gasteiger partial charge in [-0.25, -0.2) is 9.59 Å². The first-order valence-corrected chi connectivity index (χ1v) is 18.3. The first kappa shape index (κ1) is 45.5. The largest absolute Gasteiger partial charge is 0.481 e. The average molecular weight is 758 g/mol. The summed E-state index contributed by atoms with van der Waals surface area (Å²) in [6, 6.07) is -3.59. The van der Waals surface area contributed by atoms with Crippen molar-refractivity contribution in [2.45, 2.75) is 137 Å². The number of carbonyl (C=O) groups is 6. The van der Waals surface area contributed by atoms with Gasteiger partial charge in [-0.1, -0.05) is 52.8 Å². The van der Waals surface area contributed by atoms with E-state index in [1.54, 1.807) is 41.5 Å². The number of fused-ring (bicyclic) bond motifs is 1. The molecular weight excluding hydrogens is 694 g/mol. The van der Waals surface area contributed by atoms with E-state index in [1.807, 2.05) is 52.4 Å². The highest BCUT2D eigenvalue weighted by Gasteiger charge is 2.46. The highest BCUT2D eigenvalue weighted by atomic mass is 16.6. The summed E-state index contributed by atoms with van der Waals surface area (Å²) < 4.78 is 13.0. The van der Waals surface area contributed by atoms with E-state index in [-0.39, 0.29) is 12.1 Å². The second-order valence-corrected chi connectivity index (χ2v) is 17.7. The monoisotopic (exact) mass is 757 g/mol. The molecule has 14 heteroatoms. The summed E-state index contributed by atoms with van der Waals surface area (Å²) in [7, 11) is 4.99. The number of nitrogens with one attached hydrogen (secondary N) is 2. The zero-order chi connectivity index (χ0) is 41.7. The van der Waals surface area contributed by atoms with E-state index in [0.29, 0.717) is 0 Å². The van der Waals surface area contributed by atoms with Crippen molar-refractivity contribution in [1.82, 2.24) is 25.0 Å². The van der Waals surface area contributed by atoms with Crippen molar-refractivity contribution in [3.05, 3.63) is 34.0 Å². The van der Waals surface area contributed by atoms with Gasteiger partial charge in [-0.15, -0.1) is 0 Å². The fraction of sp³-hybridized carbons (Fsp3) is 0.650. The van der Waals surface area contributed by atoms with Gasteiger partial charge in [0.15, 0.2) is 0 Å². The van der Waals surface area contributed by atoms with Crippen LogP contribution in [0.4, 0.5) is 4.79 Å². The quantitative estimate of drug-likeness (QED) is 0.202. The number of esters is 1. The van der Waals surface area contributed by atoms with Crippen LogP contribution in [-0.2, 0) is 45.9 Å². The first-order chi connectivity index (χ1) is 24.5. The Morgan fingerprint density at radius 1 is 0.889 bits per heavy atom. The molecule has 1 aromatic rings. The predicted octanol–water partition coefficient (Wildman–Crippen LogP) is 3.13. The molecule has 302 valence electrons. The number of carbonyl (C=O) groups excluding carboxylic acids is 5. The molecule has 0 bridgehead atoms. The number of amides is 4. The smallest absolute Gasteiger partial charge is 0.410 e. The highest BCUT2D eigenvalue weighted by molar-refractivity contribution is 5.97. The Hall–Kier alpha value is -4.62. The van der Waals surface area contributed by atoms with Crippen LogP contribution >= 0.6 is 0 Å². The molecule has 1 aliphatic rings. The molecule has 0 saturated carbocycles. The average Bonchev–Trinajstić information content (AvgIpc) is 3.36. The van der Waals surface area contributed by atoms with Crippen molar-refractivity contribution < 1.29 is 43.3 Å².